The smallest absolute Gasteiger partial charge is 0.305 e. The quantitative estimate of drug-likeness (QED) is 0.579. The highest BCUT2D eigenvalue weighted by Gasteiger charge is 2.28. The van der Waals surface area contributed by atoms with Crippen molar-refractivity contribution in [3.05, 3.63) is 39.7 Å². The number of benzene rings is 1. The summed E-state index contributed by atoms with van der Waals surface area (Å²) in [5.74, 6) is -2.22. The Kier molecular flexibility index (Phi) is 5.22. The van der Waals surface area contributed by atoms with E-state index < -0.39 is 40.4 Å². The van der Waals surface area contributed by atoms with E-state index in [0.29, 0.717) is 18.6 Å². The Bertz CT molecular complexity index is 631. The van der Waals surface area contributed by atoms with Gasteiger partial charge in [-0.05, 0) is 24.5 Å². The topological polar surface area (TPSA) is 125 Å². The fraction of sp³-hybridized carbons (Fsp3) is 0.429. The molecule has 2 rings (SSSR count). The van der Waals surface area contributed by atoms with Gasteiger partial charge in [0, 0.05) is 19.1 Å². The fourth-order valence-electron chi connectivity index (χ4n) is 2.33. The maximum atomic E-state index is 13.3. The molecular formula is C14H16FN3O5. The van der Waals surface area contributed by atoms with E-state index >= 15 is 0 Å². The summed E-state index contributed by atoms with van der Waals surface area (Å²) in [5, 5.41) is 13.2. The van der Waals surface area contributed by atoms with E-state index in [1.165, 1.54) is 6.07 Å². The van der Waals surface area contributed by atoms with Crippen LogP contribution in [0.3, 0.4) is 0 Å². The first-order valence-corrected chi connectivity index (χ1v) is 7.02. The van der Waals surface area contributed by atoms with Crippen LogP contribution in [0.25, 0.3) is 0 Å². The van der Waals surface area contributed by atoms with Crippen LogP contribution in [-0.2, 0) is 20.7 Å². The van der Waals surface area contributed by atoms with Crippen molar-refractivity contribution in [2.75, 3.05) is 6.61 Å². The molecule has 2 amide bonds. The molecule has 1 heterocycles. The number of amides is 2. The molecule has 0 spiro atoms. The molecule has 0 radical (unpaired) electrons. The lowest BCUT2D eigenvalue weighted by molar-refractivity contribution is -0.387. The molecule has 1 aliphatic heterocycles. The van der Waals surface area contributed by atoms with Crippen LogP contribution in [0.15, 0.2) is 18.2 Å². The van der Waals surface area contributed by atoms with E-state index in [4.69, 9.17) is 10.5 Å². The standard InChI is InChI=1S/C14H16FN3O5/c15-9-4-3-8(7-11(9)18(21)22)6-10(13(16)19)17-14(20)12-2-1-5-23-12/h3-4,7,10,12H,1-2,5-6H2,(H2,16,19)(H,17,20)/t10-,12+/m0/s1. The summed E-state index contributed by atoms with van der Waals surface area (Å²) >= 11 is 0. The average Bonchev–Trinajstić information content (AvgIpc) is 3.02. The van der Waals surface area contributed by atoms with Crippen molar-refractivity contribution in [3.8, 4) is 0 Å². The number of nitrogens with zero attached hydrogens (tertiary/aromatic N) is 1. The van der Waals surface area contributed by atoms with Crippen LogP contribution in [0.5, 0.6) is 0 Å². The van der Waals surface area contributed by atoms with Crippen molar-refractivity contribution in [1.29, 1.82) is 0 Å². The van der Waals surface area contributed by atoms with Crippen molar-refractivity contribution in [1.82, 2.24) is 5.32 Å². The monoisotopic (exact) mass is 325 g/mol. The van der Waals surface area contributed by atoms with E-state index in [2.05, 4.69) is 5.32 Å². The molecule has 1 fully saturated rings. The van der Waals surface area contributed by atoms with Gasteiger partial charge in [-0.15, -0.1) is 0 Å². The number of rotatable bonds is 6. The Morgan fingerprint density at radius 1 is 1.52 bits per heavy atom. The molecule has 23 heavy (non-hydrogen) atoms. The summed E-state index contributed by atoms with van der Waals surface area (Å²) in [4.78, 5) is 33.3. The predicted octanol–water partition coefficient (Wildman–Crippen LogP) is 0.425. The minimum absolute atomic E-state index is 0.0745. The van der Waals surface area contributed by atoms with Crippen LogP contribution in [0.1, 0.15) is 18.4 Å². The second-order valence-electron chi connectivity index (χ2n) is 5.21. The Balaban J connectivity index is 2.10. The van der Waals surface area contributed by atoms with E-state index in [1.54, 1.807) is 0 Å². The maximum absolute atomic E-state index is 13.3. The van der Waals surface area contributed by atoms with Crippen LogP contribution in [0.4, 0.5) is 10.1 Å². The molecule has 0 saturated carbocycles. The van der Waals surface area contributed by atoms with E-state index in [9.17, 15) is 24.1 Å². The summed E-state index contributed by atoms with van der Waals surface area (Å²) in [5.41, 5.74) is 4.87. The predicted molar refractivity (Wildman–Crippen MR) is 76.9 cm³/mol. The maximum Gasteiger partial charge on any atom is 0.305 e. The third-order valence-electron chi connectivity index (χ3n) is 3.53. The van der Waals surface area contributed by atoms with Gasteiger partial charge < -0.3 is 15.8 Å². The largest absolute Gasteiger partial charge is 0.368 e. The summed E-state index contributed by atoms with van der Waals surface area (Å²) in [6, 6.07) is 2.20. The minimum Gasteiger partial charge on any atom is -0.368 e. The van der Waals surface area contributed by atoms with Gasteiger partial charge >= 0.3 is 5.69 Å². The lowest BCUT2D eigenvalue weighted by atomic mass is 10.0. The Morgan fingerprint density at radius 2 is 2.26 bits per heavy atom. The normalized spacial score (nSPS) is 18.4. The van der Waals surface area contributed by atoms with Crippen molar-refractivity contribution >= 4 is 17.5 Å². The van der Waals surface area contributed by atoms with Gasteiger partial charge in [-0.1, -0.05) is 6.07 Å². The number of carbonyl (C=O) groups excluding carboxylic acids is 2. The van der Waals surface area contributed by atoms with Crippen LogP contribution >= 0.6 is 0 Å². The first-order valence-electron chi connectivity index (χ1n) is 7.02. The van der Waals surface area contributed by atoms with Crippen molar-refractivity contribution in [3.63, 3.8) is 0 Å². The van der Waals surface area contributed by atoms with Crippen LogP contribution in [0.2, 0.25) is 0 Å². The molecule has 9 heteroatoms. The average molecular weight is 325 g/mol. The first kappa shape index (κ1) is 16.8. The van der Waals surface area contributed by atoms with Crippen LogP contribution in [0, 0.1) is 15.9 Å². The van der Waals surface area contributed by atoms with Gasteiger partial charge in [0.05, 0.1) is 4.92 Å². The summed E-state index contributed by atoms with van der Waals surface area (Å²) < 4.78 is 18.5. The molecule has 8 nitrogen and oxygen atoms in total. The summed E-state index contributed by atoms with van der Waals surface area (Å²) in [6.45, 7) is 0.476. The van der Waals surface area contributed by atoms with Gasteiger partial charge in [-0.25, -0.2) is 0 Å². The third kappa shape index (κ3) is 4.22. The van der Waals surface area contributed by atoms with E-state index in [1.807, 2.05) is 0 Å². The zero-order valence-corrected chi connectivity index (χ0v) is 12.2. The van der Waals surface area contributed by atoms with Crippen LogP contribution < -0.4 is 11.1 Å². The summed E-state index contributed by atoms with van der Waals surface area (Å²) in [7, 11) is 0. The second-order valence-corrected chi connectivity index (χ2v) is 5.21. The molecule has 0 aliphatic carbocycles. The van der Waals surface area contributed by atoms with Crippen LogP contribution in [-0.4, -0.2) is 35.5 Å². The molecule has 2 atom stereocenters. The van der Waals surface area contributed by atoms with Gasteiger partial charge in [-0.3, -0.25) is 19.7 Å². The number of ether oxygens (including phenoxy) is 1. The molecule has 3 N–H and O–H groups in total. The van der Waals surface area contributed by atoms with Gasteiger partial charge in [0.25, 0.3) is 0 Å². The molecule has 1 saturated heterocycles. The minimum atomic E-state index is -1.06. The molecule has 124 valence electrons. The molecule has 1 aromatic carbocycles. The van der Waals surface area contributed by atoms with E-state index in [-0.39, 0.29) is 6.42 Å². The number of hydrogen-bond acceptors (Lipinski definition) is 5. The third-order valence-corrected chi connectivity index (χ3v) is 3.53. The first-order chi connectivity index (χ1) is 10.9. The molecule has 1 aromatic rings. The highest BCUT2D eigenvalue weighted by atomic mass is 19.1. The number of halogens is 1. The van der Waals surface area contributed by atoms with E-state index in [0.717, 1.165) is 18.6 Å². The molecule has 1 aliphatic rings. The molecule has 0 aromatic heterocycles. The Hall–Kier alpha value is -2.55. The molecule has 0 unspecified atom stereocenters. The number of carbonyl (C=O) groups is 2. The van der Waals surface area contributed by atoms with Crippen molar-refractivity contribution in [2.24, 2.45) is 5.73 Å². The number of nitro groups is 1. The SMILES string of the molecule is NC(=O)[C@H](Cc1ccc(F)c([N+](=O)[O-])c1)NC(=O)[C@H]1CCCO1. The Morgan fingerprint density at radius 3 is 2.83 bits per heavy atom. The van der Waals surface area contributed by atoms with Gasteiger partial charge in [0.1, 0.15) is 12.1 Å². The highest BCUT2D eigenvalue weighted by Crippen LogP contribution is 2.19. The fourth-order valence-corrected chi connectivity index (χ4v) is 2.33. The van der Waals surface area contributed by atoms with Crippen molar-refractivity contribution < 1.29 is 23.6 Å². The van der Waals surface area contributed by atoms with Gasteiger partial charge in [0.15, 0.2) is 0 Å². The number of nitro benzene ring substituents is 1. The number of nitrogens with one attached hydrogen (secondary N) is 1. The lowest BCUT2D eigenvalue weighted by Crippen LogP contribution is -2.49. The zero-order chi connectivity index (χ0) is 17.0. The summed E-state index contributed by atoms with van der Waals surface area (Å²) in [6.07, 6.45) is 0.608. The second kappa shape index (κ2) is 7.14. The number of hydrogen-bond donors (Lipinski definition) is 2. The number of primary amides is 1. The Labute approximate surface area is 130 Å². The number of nitrogens with two attached hydrogens (primary N) is 1. The molecule has 0 bridgehead atoms. The lowest BCUT2D eigenvalue weighted by Gasteiger charge is -2.18. The molecular weight excluding hydrogens is 309 g/mol. The van der Waals surface area contributed by atoms with Gasteiger partial charge in [0.2, 0.25) is 17.6 Å². The zero-order valence-electron chi connectivity index (χ0n) is 12.2. The van der Waals surface area contributed by atoms with Gasteiger partial charge in [-0.2, -0.15) is 4.39 Å². The van der Waals surface area contributed by atoms with Crippen molar-refractivity contribution in [2.45, 2.75) is 31.4 Å². The highest BCUT2D eigenvalue weighted by molar-refractivity contribution is 5.88.